The van der Waals surface area contributed by atoms with E-state index in [0.29, 0.717) is 12.3 Å². The summed E-state index contributed by atoms with van der Waals surface area (Å²) in [7, 11) is 0. The molecule has 0 fully saturated rings. The molecule has 0 heterocycles. The summed E-state index contributed by atoms with van der Waals surface area (Å²) in [5, 5.41) is 0. The molecule has 0 aliphatic rings. The van der Waals surface area contributed by atoms with Crippen LogP contribution in [0.2, 0.25) is 0 Å². The molecule has 2 rings (SSSR count). The molecule has 0 bridgehead atoms. The molecule has 0 amide bonds. The van der Waals surface area contributed by atoms with E-state index in [4.69, 9.17) is 10.5 Å². The van der Waals surface area contributed by atoms with Crippen LogP contribution < -0.4 is 10.5 Å². The lowest BCUT2D eigenvalue weighted by Gasteiger charge is -2.13. The summed E-state index contributed by atoms with van der Waals surface area (Å²) < 4.78 is 18.9. The normalized spacial score (nSPS) is 10.5. The summed E-state index contributed by atoms with van der Waals surface area (Å²) in [5.41, 5.74) is 8.64. The molecule has 0 aromatic heterocycles. The van der Waals surface area contributed by atoms with Gasteiger partial charge in [-0.2, -0.15) is 0 Å². The Balaban J connectivity index is 2.32. The maximum atomic E-state index is 13.1. The highest BCUT2D eigenvalue weighted by Crippen LogP contribution is 2.29. The topological polar surface area (TPSA) is 35.2 Å². The average Bonchev–Trinajstić information content (AvgIpc) is 2.36. The Morgan fingerprint density at radius 2 is 1.79 bits per heavy atom. The standard InChI is InChI=1S/C16H18FNO/c1-11-3-5-16(13(9-11)7-8-18)19-15-6-4-14(17)10-12(15)2/h3-6,9-10H,7-8,18H2,1-2H3. The maximum Gasteiger partial charge on any atom is 0.130 e. The first kappa shape index (κ1) is 13.6. The van der Waals surface area contributed by atoms with E-state index in [1.807, 2.05) is 26.0 Å². The van der Waals surface area contributed by atoms with Gasteiger partial charge in [0.25, 0.3) is 0 Å². The van der Waals surface area contributed by atoms with Crippen molar-refractivity contribution < 1.29 is 9.13 Å². The van der Waals surface area contributed by atoms with Crippen LogP contribution in [0, 0.1) is 19.7 Å². The van der Waals surface area contributed by atoms with Gasteiger partial charge in [0.2, 0.25) is 0 Å². The Morgan fingerprint density at radius 1 is 1.05 bits per heavy atom. The number of benzene rings is 2. The maximum absolute atomic E-state index is 13.1. The highest BCUT2D eigenvalue weighted by Gasteiger charge is 2.07. The quantitative estimate of drug-likeness (QED) is 0.907. The average molecular weight is 259 g/mol. The van der Waals surface area contributed by atoms with Crippen LogP contribution in [-0.4, -0.2) is 6.54 Å². The van der Waals surface area contributed by atoms with E-state index in [1.165, 1.54) is 17.7 Å². The van der Waals surface area contributed by atoms with Crippen molar-refractivity contribution in [3.05, 3.63) is 58.9 Å². The predicted octanol–water partition coefficient (Wildman–Crippen LogP) is 3.74. The summed E-state index contributed by atoms with van der Waals surface area (Å²) in [4.78, 5) is 0. The van der Waals surface area contributed by atoms with E-state index < -0.39 is 0 Å². The summed E-state index contributed by atoms with van der Waals surface area (Å²) in [6.07, 6.45) is 0.761. The molecule has 0 radical (unpaired) electrons. The summed E-state index contributed by atoms with van der Waals surface area (Å²) in [6, 6.07) is 10.5. The highest BCUT2D eigenvalue weighted by molar-refractivity contribution is 5.42. The van der Waals surface area contributed by atoms with Gasteiger partial charge in [-0.3, -0.25) is 0 Å². The molecular weight excluding hydrogens is 241 g/mol. The first-order valence-corrected chi connectivity index (χ1v) is 6.34. The van der Waals surface area contributed by atoms with Gasteiger partial charge in [-0.05, 0) is 62.2 Å². The van der Waals surface area contributed by atoms with E-state index in [0.717, 1.165) is 23.3 Å². The molecule has 0 saturated carbocycles. The molecule has 0 atom stereocenters. The summed E-state index contributed by atoms with van der Waals surface area (Å²) in [6.45, 7) is 4.43. The van der Waals surface area contributed by atoms with Crippen molar-refractivity contribution in [1.29, 1.82) is 0 Å². The van der Waals surface area contributed by atoms with Gasteiger partial charge in [0.15, 0.2) is 0 Å². The second kappa shape index (κ2) is 5.85. The number of aryl methyl sites for hydroxylation is 2. The van der Waals surface area contributed by atoms with Gasteiger partial charge >= 0.3 is 0 Å². The molecule has 0 aliphatic heterocycles. The highest BCUT2D eigenvalue weighted by atomic mass is 19.1. The minimum absolute atomic E-state index is 0.254. The molecule has 0 spiro atoms. The lowest BCUT2D eigenvalue weighted by atomic mass is 10.1. The van der Waals surface area contributed by atoms with Crippen LogP contribution in [0.25, 0.3) is 0 Å². The van der Waals surface area contributed by atoms with Gasteiger partial charge in [0.05, 0.1) is 0 Å². The molecule has 0 saturated heterocycles. The Bertz CT molecular complexity index is 581. The lowest BCUT2D eigenvalue weighted by molar-refractivity contribution is 0.470. The zero-order valence-electron chi connectivity index (χ0n) is 11.2. The fourth-order valence-corrected chi connectivity index (χ4v) is 2.00. The van der Waals surface area contributed by atoms with Gasteiger partial charge in [-0.15, -0.1) is 0 Å². The van der Waals surface area contributed by atoms with Gasteiger partial charge in [-0.1, -0.05) is 17.7 Å². The van der Waals surface area contributed by atoms with E-state index in [2.05, 4.69) is 6.07 Å². The van der Waals surface area contributed by atoms with Crippen molar-refractivity contribution >= 4 is 0 Å². The molecule has 2 aromatic carbocycles. The molecule has 2 aromatic rings. The van der Waals surface area contributed by atoms with Gasteiger partial charge < -0.3 is 10.5 Å². The third-order valence-corrected chi connectivity index (χ3v) is 2.99. The van der Waals surface area contributed by atoms with Crippen molar-refractivity contribution in [1.82, 2.24) is 0 Å². The Morgan fingerprint density at radius 3 is 2.47 bits per heavy atom. The van der Waals surface area contributed by atoms with Crippen LogP contribution in [0.4, 0.5) is 4.39 Å². The zero-order chi connectivity index (χ0) is 13.8. The van der Waals surface area contributed by atoms with Crippen LogP contribution in [-0.2, 0) is 6.42 Å². The largest absolute Gasteiger partial charge is 0.457 e. The first-order chi connectivity index (χ1) is 9.10. The molecule has 19 heavy (non-hydrogen) atoms. The Kier molecular flexibility index (Phi) is 4.17. The van der Waals surface area contributed by atoms with Crippen molar-refractivity contribution in [3.8, 4) is 11.5 Å². The van der Waals surface area contributed by atoms with Gasteiger partial charge in [0.1, 0.15) is 17.3 Å². The smallest absolute Gasteiger partial charge is 0.130 e. The number of halogens is 1. The van der Waals surface area contributed by atoms with Crippen molar-refractivity contribution in [2.75, 3.05) is 6.54 Å². The minimum Gasteiger partial charge on any atom is -0.457 e. The third kappa shape index (κ3) is 3.32. The molecular formula is C16H18FNO. The summed E-state index contributed by atoms with van der Waals surface area (Å²) >= 11 is 0. The minimum atomic E-state index is -0.254. The SMILES string of the molecule is Cc1ccc(Oc2ccc(F)cc2C)c(CCN)c1. The van der Waals surface area contributed by atoms with Crippen LogP contribution in [0.15, 0.2) is 36.4 Å². The van der Waals surface area contributed by atoms with Crippen LogP contribution in [0.5, 0.6) is 11.5 Å². The predicted molar refractivity (Wildman–Crippen MR) is 75.1 cm³/mol. The van der Waals surface area contributed by atoms with Gasteiger partial charge in [0, 0.05) is 0 Å². The second-order valence-corrected chi connectivity index (χ2v) is 4.66. The van der Waals surface area contributed by atoms with E-state index in [1.54, 1.807) is 6.07 Å². The second-order valence-electron chi connectivity index (χ2n) is 4.66. The van der Waals surface area contributed by atoms with Crippen LogP contribution in [0.3, 0.4) is 0 Å². The molecule has 100 valence electrons. The zero-order valence-corrected chi connectivity index (χ0v) is 11.2. The van der Waals surface area contributed by atoms with E-state index >= 15 is 0 Å². The number of hydrogen-bond donors (Lipinski definition) is 1. The number of ether oxygens (including phenoxy) is 1. The Hall–Kier alpha value is -1.87. The first-order valence-electron chi connectivity index (χ1n) is 6.34. The van der Waals surface area contributed by atoms with Crippen molar-refractivity contribution in [2.24, 2.45) is 5.73 Å². The number of hydrogen-bond acceptors (Lipinski definition) is 2. The number of nitrogens with two attached hydrogens (primary N) is 1. The van der Waals surface area contributed by atoms with Crippen molar-refractivity contribution in [3.63, 3.8) is 0 Å². The molecule has 2 nitrogen and oxygen atoms in total. The Labute approximate surface area is 113 Å². The number of rotatable bonds is 4. The molecule has 0 aliphatic carbocycles. The van der Waals surface area contributed by atoms with Gasteiger partial charge in [-0.25, -0.2) is 4.39 Å². The van der Waals surface area contributed by atoms with E-state index in [9.17, 15) is 4.39 Å². The fourth-order valence-electron chi connectivity index (χ4n) is 2.00. The van der Waals surface area contributed by atoms with Crippen molar-refractivity contribution in [2.45, 2.75) is 20.3 Å². The summed E-state index contributed by atoms with van der Waals surface area (Å²) in [5.74, 6) is 1.20. The fraction of sp³-hybridized carbons (Fsp3) is 0.250. The monoisotopic (exact) mass is 259 g/mol. The molecule has 2 N–H and O–H groups in total. The lowest BCUT2D eigenvalue weighted by Crippen LogP contribution is -2.04. The van der Waals surface area contributed by atoms with Crippen LogP contribution >= 0.6 is 0 Å². The van der Waals surface area contributed by atoms with E-state index in [-0.39, 0.29) is 5.82 Å². The third-order valence-electron chi connectivity index (χ3n) is 2.99. The molecule has 0 unspecified atom stereocenters. The van der Waals surface area contributed by atoms with Crippen LogP contribution in [0.1, 0.15) is 16.7 Å². The molecule has 3 heteroatoms.